The summed E-state index contributed by atoms with van der Waals surface area (Å²) < 4.78 is 5.73. The van der Waals surface area contributed by atoms with Crippen LogP contribution in [0.2, 0.25) is 0 Å². The van der Waals surface area contributed by atoms with Crippen LogP contribution in [0.25, 0.3) is 0 Å². The molecule has 4 heteroatoms. The molecule has 0 aliphatic carbocycles. The number of carboxylic acid groups (broad SMARTS) is 1. The van der Waals surface area contributed by atoms with Gasteiger partial charge in [-0.05, 0) is 45.6 Å². The summed E-state index contributed by atoms with van der Waals surface area (Å²) in [7, 11) is 0. The molecule has 1 N–H and O–H groups in total. The third-order valence-corrected chi connectivity index (χ3v) is 3.97. The molecule has 0 bridgehead atoms. The summed E-state index contributed by atoms with van der Waals surface area (Å²) in [6, 6.07) is 0.581. The van der Waals surface area contributed by atoms with E-state index in [0.29, 0.717) is 18.4 Å². The fourth-order valence-corrected chi connectivity index (χ4v) is 3.12. The van der Waals surface area contributed by atoms with E-state index in [9.17, 15) is 4.79 Å². The van der Waals surface area contributed by atoms with Crippen molar-refractivity contribution in [2.24, 2.45) is 5.92 Å². The van der Waals surface area contributed by atoms with Gasteiger partial charge in [0.1, 0.15) is 0 Å². The van der Waals surface area contributed by atoms with Crippen molar-refractivity contribution in [1.82, 2.24) is 4.90 Å². The van der Waals surface area contributed by atoms with Crippen LogP contribution in [0.1, 0.15) is 39.5 Å². The van der Waals surface area contributed by atoms with E-state index in [2.05, 4.69) is 18.7 Å². The zero-order chi connectivity index (χ0) is 12.5. The highest BCUT2D eigenvalue weighted by atomic mass is 16.5. The monoisotopic (exact) mass is 241 g/mol. The average Bonchev–Trinajstić information content (AvgIpc) is 2.63. The van der Waals surface area contributed by atoms with E-state index in [4.69, 9.17) is 9.84 Å². The fraction of sp³-hybridized carbons (Fsp3) is 0.923. The number of ether oxygens (including phenoxy) is 1. The molecule has 2 fully saturated rings. The summed E-state index contributed by atoms with van der Waals surface area (Å²) in [5.41, 5.74) is -0.0200. The van der Waals surface area contributed by atoms with Crippen LogP contribution in [0.15, 0.2) is 0 Å². The van der Waals surface area contributed by atoms with Crippen molar-refractivity contribution in [3.63, 3.8) is 0 Å². The molecule has 2 unspecified atom stereocenters. The van der Waals surface area contributed by atoms with Crippen molar-refractivity contribution < 1.29 is 14.6 Å². The number of rotatable bonds is 3. The molecule has 4 nitrogen and oxygen atoms in total. The largest absolute Gasteiger partial charge is 0.481 e. The van der Waals surface area contributed by atoms with E-state index < -0.39 is 5.97 Å². The van der Waals surface area contributed by atoms with E-state index in [1.165, 1.54) is 0 Å². The standard InChI is InChI=1S/C13H23NO3/c1-13(2)8-11(4-6-17-13)14-5-3-10(9-14)7-12(15)16/h10-11H,3-9H2,1-2H3,(H,15,16). The van der Waals surface area contributed by atoms with Gasteiger partial charge in [0.05, 0.1) is 5.60 Å². The fourth-order valence-electron chi connectivity index (χ4n) is 3.12. The Labute approximate surface area is 103 Å². The molecule has 0 saturated carbocycles. The first-order chi connectivity index (χ1) is 7.96. The minimum absolute atomic E-state index is 0.0200. The summed E-state index contributed by atoms with van der Waals surface area (Å²) in [6.45, 7) is 7.12. The van der Waals surface area contributed by atoms with Crippen LogP contribution in [0.5, 0.6) is 0 Å². The topological polar surface area (TPSA) is 49.8 Å². The van der Waals surface area contributed by atoms with Crippen LogP contribution >= 0.6 is 0 Å². The van der Waals surface area contributed by atoms with Gasteiger partial charge in [0.15, 0.2) is 0 Å². The number of hydrogen-bond donors (Lipinski definition) is 1. The zero-order valence-corrected chi connectivity index (χ0v) is 10.8. The summed E-state index contributed by atoms with van der Waals surface area (Å²) in [5.74, 6) is -0.317. The lowest BCUT2D eigenvalue weighted by molar-refractivity contribution is -0.138. The number of likely N-dealkylation sites (tertiary alicyclic amines) is 1. The van der Waals surface area contributed by atoms with Gasteiger partial charge < -0.3 is 9.84 Å². The van der Waals surface area contributed by atoms with Crippen LogP contribution in [-0.2, 0) is 9.53 Å². The number of hydrogen-bond acceptors (Lipinski definition) is 3. The van der Waals surface area contributed by atoms with Gasteiger partial charge in [-0.15, -0.1) is 0 Å². The minimum Gasteiger partial charge on any atom is -0.481 e. The van der Waals surface area contributed by atoms with Crippen LogP contribution in [0, 0.1) is 5.92 Å². The molecule has 17 heavy (non-hydrogen) atoms. The average molecular weight is 241 g/mol. The van der Waals surface area contributed by atoms with Crippen molar-refractivity contribution in [3.8, 4) is 0 Å². The van der Waals surface area contributed by atoms with Gasteiger partial charge in [-0.3, -0.25) is 9.69 Å². The molecule has 2 saturated heterocycles. The van der Waals surface area contributed by atoms with Crippen molar-refractivity contribution in [2.75, 3.05) is 19.7 Å². The second kappa shape index (κ2) is 4.94. The Hall–Kier alpha value is -0.610. The van der Waals surface area contributed by atoms with E-state index >= 15 is 0 Å². The Morgan fingerprint density at radius 2 is 2.24 bits per heavy atom. The quantitative estimate of drug-likeness (QED) is 0.817. The summed E-state index contributed by atoms with van der Waals surface area (Å²) >= 11 is 0. The molecule has 2 aliphatic heterocycles. The predicted molar refractivity (Wildman–Crippen MR) is 65.0 cm³/mol. The Morgan fingerprint density at radius 3 is 2.88 bits per heavy atom. The molecule has 2 aliphatic rings. The maximum absolute atomic E-state index is 10.7. The molecule has 2 heterocycles. The highest BCUT2D eigenvalue weighted by molar-refractivity contribution is 5.67. The smallest absolute Gasteiger partial charge is 0.303 e. The molecule has 0 aromatic rings. The van der Waals surface area contributed by atoms with Gasteiger partial charge in [-0.25, -0.2) is 0 Å². The first kappa shape index (κ1) is 12.8. The molecule has 2 rings (SSSR count). The van der Waals surface area contributed by atoms with Crippen molar-refractivity contribution in [2.45, 2.75) is 51.2 Å². The first-order valence-electron chi connectivity index (χ1n) is 6.56. The molecule has 0 amide bonds. The van der Waals surface area contributed by atoms with E-state index in [1.807, 2.05) is 0 Å². The summed E-state index contributed by atoms with van der Waals surface area (Å²) in [5, 5.41) is 8.82. The highest BCUT2D eigenvalue weighted by Crippen LogP contribution is 2.31. The Kier molecular flexibility index (Phi) is 3.73. The van der Waals surface area contributed by atoms with Gasteiger partial charge in [0, 0.05) is 25.6 Å². The number of nitrogens with zero attached hydrogens (tertiary/aromatic N) is 1. The van der Waals surface area contributed by atoms with E-state index in [-0.39, 0.29) is 5.60 Å². The highest BCUT2D eigenvalue weighted by Gasteiger charge is 2.35. The predicted octanol–water partition coefficient (Wildman–Crippen LogP) is 1.74. The van der Waals surface area contributed by atoms with Crippen molar-refractivity contribution in [3.05, 3.63) is 0 Å². The van der Waals surface area contributed by atoms with E-state index in [0.717, 1.165) is 39.0 Å². The van der Waals surface area contributed by atoms with Crippen LogP contribution in [0.4, 0.5) is 0 Å². The second-order valence-electron chi connectivity index (χ2n) is 6.00. The third-order valence-electron chi connectivity index (χ3n) is 3.97. The molecule has 2 atom stereocenters. The molecule has 0 spiro atoms. The SMILES string of the molecule is CC1(C)CC(N2CCC(CC(=O)O)C2)CCO1. The van der Waals surface area contributed by atoms with Crippen LogP contribution < -0.4 is 0 Å². The first-order valence-corrected chi connectivity index (χ1v) is 6.56. The normalized spacial score (nSPS) is 33.8. The molecule has 0 aromatic carbocycles. The maximum atomic E-state index is 10.7. The Bertz CT molecular complexity index is 290. The lowest BCUT2D eigenvalue weighted by atomic mass is 9.93. The summed E-state index contributed by atoms with van der Waals surface area (Å²) in [6.07, 6.45) is 3.50. The number of carboxylic acids is 1. The van der Waals surface area contributed by atoms with Gasteiger partial charge in [-0.2, -0.15) is 0 Å². The minimum atomic E-state index is -0.663. The molecule has 0 aromatic heterocycles. The molecular formula is C13H23NO3. The maximum Gasteiger partial charge on any atom is 0.303 e. The Balaban J connectivity index is 1.85. The van der Waals surface area contributed by atoms with Gasteiger partial charge >= 0.3 is 5.97 Å². The molecular weight excluding hydrogens is 218 g/mol. The summed E-state index contributed by atoms with van der Waals surface area (Å²) in [4.78, 5) is 13.2. The van der Waals surface area contributed by atoms with Gasteiger partial charge in [0.2, 0.25) is 0 Å². The van der Waals surface area contributed by atoms with Crippen LogP contribution in [0.3, 0.4) is 0 Å². The van der Waals surface area contributed by atoms with Gasteiger partial charge in [-0.1, -0.05) is 0 Å². The number of carbonyl (C=O) groups is 1. The lowest BCUT2D eigenvalue weighted by Gasteiger charge is -2.39. The third kappa shape index (κ3) is 3.42. The van der Waals surface area contributed by atoms with E-state index in [1.54, 1.807) is 0 Å². The van der Waals surface area contributed by atoms with Crippen molar-refractivity contribution in [1.29, 1.82) is 0 Å². The zero-order valence-electron chi connectivity index (χ0n) is 10.8. The van der Waals surface area contributed by atoms with Gasteiger partial charge in [0.25, 0.3) is 0 Å². The van der Waals surface area contributed by atoms with Crippen LogP contribution in [-0.4, -0.2) is 47.3 Å². The molecule has 0 radical (unpaired) electrons. The number of aliphatic carboxylic acids is 1. The lowest BCUT2D eigenvalue weighted by Crippen LogP contribution is -2.45. The van der Waals surface area contributed by atoms with Crippen molar-refractivity contribution >= 4 is 5.97 Å². The second-order valence-corrected chi connectivity index (χ2v) is 6.00. The molecule has 98 valence electrons. The Morgan fingerprint density at radius 1 is 1.47 bits per heavy atom.